The summed E-state index contributed by atoms with van der Waals surface area (Å²) in [5, 5.41) is 2.17. The number of allylic oxidation sites excluding steroid dienone is 1. The van der Waals surface area contributed by atoms with Crippen LogP contribution in [0.3, 0.4) is 0 Å². The van der Waals surface area contributed by atoms with Crippen LogP contribution in [0.4, 0.5) is 0 Å². The molecule has 138 valence electrons. The van der Waals surface area contributed by atoms with Gasteiger partial charge in [-0.15, -0.1) is 0 Å². The number of fused-ring (bicyclic) bond motifs is 3. The fourth-order valence-electron chi connectivity index (χ4n) is 3.75. The van der Waals surface area contributed by atoms with Crippen molar-refractivity contribution in [1.29, 1.82) is 0 Å². The van der Waals surface area contributed by atoms with Crippen molar-refractivity contribution >= 4 is 67.3 Å². The van der Waals surface area contributed by atoms with Crippen molar-refractivity contribution in [3.63, 3.8) is 0 Å². The van der Waals surface area contributed by atoms with Gasteiger partial charge in [0, 0.05) is 0 Å². The summed E-state index contributed by atoms with van der Waals surface area (Å²) in [5.41, 5.74) is 2.32. The van der Waals surface area contributed by atoms with Crippen molar-refractivity contribution in [2.24, 2.45) is 0 Å². The predicted octanol–water partition coefficient (Wildman–Crippen LogP) is 3.76. The molecule has 0 radical (unpaired) electrons. The Morgan fingerprint density at radius 2 is 1.79 bits per heavy atom. The van der Waals surface area contributed by atoms with E-state index in [1.807, 2.05) is 48.7 Å². The monoisotopic (exact) mass is 508 g/mol. The molecule has 0 bridgehead atoms. The summed E-state index contributed by atoms with van der Waals surface area (Å²) >= 11 is 0.253. The summed E-state index contributed by atoms with van der Waals surface area (Å²) in [4.78, 5) is 32.4. The molecule has 0 spiro atoms. The molecule has 0 aliphatic heterocycles. The van der Waals surface area contributed by atoms with Crippen LogP contribution in [0.15, 0.2) is 71.4 Å². The number of hydrogen-bond acceptors (Lipinski definition) is 3. The molecule has 0 fully saturated rings. The van der Waals surface area contributed by atoms with Crippen molar-refractivity contribution in [2.75, 3.05) is 0 Å². The molecule has 1 aliphatic carbocycles. The third-order valence-corrected chi connectivity index (χ3v) is 9.17. The fourth-order valence-corrected chi connectivity index (χ4v) is 7.41. The quantitative estimate of drug-likeness (QED) is 0.208. The summed E-state index contributed by atoms with van der Waals surface area (Å²) in [7, 11) is 0. The topological polar surface area (TPSA) is 52.0 Å². The summed E-state index contributed by atoms with van der Waals surface area (Å²) in [6.07, 6.45) is 5.60. The van der Waals surface area contributed by atoms with Gasteiger partial charge in [0.1, 0.15) is 0 Å². The van der Waals surface area contributed by atoms with E-state index in [4.69, 9.17) is 0 Å². The van der Waals surface area contributed by atoms with Gasteiger partial charge >= 0.3 is 178 Å². The molecule has 1 aromatic carbocycles. The molecule has 4 heterocycles. The first-order chi connectivity index (χ1) is 14.2. The SMILES string of the molecule is O=C1/C(=C/c2ccc(-n3ccc4cccnc43)[se]2)C(=O)c2cc3[se]ccc3cc21. The van der Waals surface area contributed by atoms with Gasteiger partial charge in [-0.1, -0.05) is 0 Å². The third kappa shape index (κ3) is 2.61. The van der Waals surface area contributed by atoms with Gasteiger partial charge in [0.15, 0.2) is 0 Å². The number of Topliss-reactive ketones (excluding diaryl/α,β-unsaturated/α-hetero) is 2. The molecule has 6 rings (SSSR count). The van der Waals surface area contributed by atoms with Crippen LogP contribution in [0.2, 0.25) is 0 Å². The van der Waals surface area contributed by atoms with Crippen molar-refractivity contribution in [3.05, 3.63) is 87.0 Å². The number of ketones is 2. The van der Waals surface area contributed by atoms with Crippen LogP contribution in [0.25, 0.3) is 31.3 Å². The molecule has 6 heteroatoms. The zero-order valence-electron chi connectivity index (χ0n) is 15.0. The molecule has 0 saturated heterocycles. The standard InChI is InChI=1S/C23H12N2O2Se2/c26-21-16-10-14-6-9-28-19(14)12-17(16)22(27)18(21)11-15-3-4-20(29-15)25-8-5-13-2-1-7-24-23(13)25/h1-12H/b18-11-. The van der Waals surface area contributed by atoms with Crippen molar-refractivity contribution in [1.82, 2.24) is 9.55 Å². The Kier molecular flexibility index (Phi) is 3.77. The Balaban J connectivity index is 1.41. The van der Waals surface area contributed by atoms with Gasteiger partial charge < -0.3 is 0 Å². The van der Waals surface area contributed by atoms with Crippen LogP contribution >= 0.6 is 0 Å². The summed E-state index contributed by atoms with van der Waals surface area (Å²) in [6, 6.07) is 15.9. The van der Waals surface area contributed by atoms with E-state index in [1.165, 1.54) is 4.26 Å². The minimum atomic E-state index is -0.154. The second-order valence-electron chi connectivity index (χ2n) is 6.85. The Hall–Kier alpha value is -2.75. The molecule has 0 unspecified atom stereocenters. The minimum absolute atomic E-state index is 0.000583. The Bertz CT molecular complexity index is 1450. The average Bonchev–Trinajstić information content (AvgIpc) is 3.50. The Labute approximate surface area is 177 Å². The van der Waals surface area contributed by atoms with E-state index in [-0.39, 0.29) is 40.6 Å². The van der Waals surface area contributed by atoms with E-state index in [2.05, 4.69) is 20.6 Å². The first-order valence-electron chi connectivity index (χ1n) is 9.04. The molecule has 4 aromatic heterocycles. The third-order valence-electron chi connectivity index (χ3n) is 5.16. The van der Waals surface area contributed by atoms with Gasteiger partial charge in [0.25, 0.3) is 0 Å². The first-order valence-corrected chi connectivity index (χ1v) is 12.6. The van der Waals surface area contributed by atoms with Crippen LogP contribution in [0.5, 0.6) is 0 Å². The number of benzene rings is 1. The Morgan fingerprint density at radius 3 is 2.69 bits per heavy atom. The van der Waals surface area contributed by atoms with Gasteiger partial charge in [-0.05, 0) is 0 Å². The molecule has 5 aromatic rings. The number of pyridine rings is 1. The van der Waals surface area contributed by atoms with E-state index in [0.717, 1.165) is 25.4 Å². The van der Waals surface area contributed by atoms with E-state index >= 15 is 0 Å². The summed E-state index contributed by atoms with van der Waals surface area (Å²) in [6.45, 7) is 0. The van der Waals surface area contributed by atoms with Crippen LogP contribution < -0.4 is 0 Å². The number of aromatic nitrogens is 2. The van der Waals surface area contributed by atoms with E-state index in [1.54, 1.807) is 12.3 Å². The van der Waals surface area contributed by atoms with Crippen LogP contribution in [-0.4, -0.2) is 50.1 Å². The number of hydrogen-bond donors (Lipinski definition) is 0. The first kappa shape index (κ1) is 17.1. The van der Waals surface area contributed by atoms with Crippen LogP contribution in [-0.2, 0) is 0 Å². The summed E-state index contributed by atoms with van der Waals surface area (Å²) in [5.74, 6) is -0.299. The van der Waals surface area contributed by atoms with Gasteiger partial charge in [-0.2, -0.15) is 0 Å². The zero-order valence-corrected chi connectivity index (χ0v) is 18.4. The van der Waals surface area contributed by atoms with Gasteiger partial charge in [0.2, 0.25) is 0 Å². The van der Waals surface area contributed by atoms with Crippen molar-refractivity contribution < 1.29 is 9.59 Å². The van der Waals surface area contributed by atoms with Crippen molar-refractivity contribution in [3.8, 4) is 4.56 Å². The normalized spacial score (nSPS) is 15.1. The predicted molar refractivity (Wildman–Crippen MR) is 116 cm³/mol. The second kappa shape index (κ2) is 6.38. The van der Waals surface area contributed by atoms with E-state index in [9.17, 15) is 9.59 Å². The number of nitrogens with zero attached hydrogens (tertiary/aromatic N) is 2. The fraction of sp³-hybridized carbons (Fsp3) is 0. The van der Waals surface area contributed by atoms with Gasteiger partial charge in [0.05, 0.1) is 0 Å². The van der Waals surface area contributed by atoms with Gasteiger partial charge in [-0.3, -0.25) is 0 Å². The van der Waals surface area contributed by atoms with Crippen LogP contribution in [0.1, 0.15) is 25.2 Å². The van der Waals surface area contributed by atoms with E-state index < -0.39 is 0 Å². The maximum absolute atomic E-state index is 12.9. The zero-order chi connectivity index (χ0) is 19.5. The average molecular weight is 506 g/mol. The number of carbonyl (C=O) groups excluding carboxylic acids is 2. The molecule has 4 nitrogen and oxygen atoms in total. The number of rotatable bonds is 2. The molecule has 0 N–H and O–H groups in total. The second-order valence-corrected chi connectivity index (χ2v) is 11.1. The molecular weight excluding hydrogens is 494 g/mol. The van der Waals surface area contributed by atoms with Crippen molar-refractivity contribution in [2.45, 2.75) is 0 Å². The maximum atomic E-state index is 12.9. The molecule has 0 amide bonds. The summed E-state index contributed by atoms with van der Waals surface area (Å²) < 4.78 is 5.43. The van der Waals surface area contributed by atoms with E-state index in [0.29, 0.717) is 16.7 Å². The number of carbonyl (C=O) groups is 2. The Morgan fingerprint density at radius 1 is 0.931 bits per heavy atom. The molecule has 0 saturated carbocycles. The molecule has 29 heavy (non-hydrogen) atoms. The molecule has 1 aliphatic rings. The van der Waals surface area contributed by atoms with Gasteiger partial charge in [-0.25, -0.2) is 0 Å². The molecule has 0 atom stereocenters. The molecular formula is C23H12N2O2Se2. The van der Waals surface area contributed by atoms with Crippen LogP contribution in [0, 0.1) is 0 Å².